The highest BCUT2D eigenvalue weighted by molar-refractivity contribution is 9.10. The second-order valence-electron chi connectivity index (χ2n) is 20.7. The maximum absolute atomic E-state index is 15.6. The fraction of sp³-hybridized carbons (Fsp3) is 0.536. The van der Waals surface area contributed by atoms with Gasteiger partial charge in [0.25, 0.3) is 0 Å². The van der Waals surface area contributed by atoms with Crippen LogP contribution in [0.15, 0.2) is 82.0 Å². The van der Waals surface area contributed by atoms with Crippen LogP contribution in [0.25, 0.3) is 21.8 Å². The molecule has 6 aromatic rings. The summed E-state index contributed by atoms with van der Waals surface area (Å²) >= 11 is 7.14. The Kier molecular flexibility index (Phi) is 16.5. The molecule has 0 radical (unpaired) electrons. The summed E-state index contributed by atoms with van der Waals surface area (Å²) in [6.07, 6.45) is 12.2. The van der Waals surface area contributed by atoms with E-state index >= 15 is 8.78 Å². The quantitative estimate of drug-likeness (QED) is 0.105. The lowest BCUT2D eigenvalue weighted by Gasteiger charge is -2.45. The highest BCUT2D eigenvalue weighted by atomic mass is 79.9. The number of ether oxygens (including phenoxy) is 6. The van der Waals surface area contributed by atoms with Gasteiger partial charge in [0, 0.05) is 89.6 Å². The van der Waals surface area contributed by atoms with Crippen LogP contribution in [-0.2, 0) is 31.8 Å². The van der Waals surface area contributed by atoms with E-state index in [4.69, 9.17) is 38.6 Å². The third-order valence-electron chi connectivity index (χ3n) is 14.9. The van der Waals surface area contributed by atoms with E-state index in [-0.39, 0.29) is 62.9 Å². The van der Waals surface area contributed by atoms with Crippen LogP contribution in [0, 0.1) is 0 Å². The Morgan fingerprint density at radius 1 is 0.653 bits per heavy atom. The van der Waals surface area contributed by atoms with E-state index in [1.807, 2.05) is 39.8 Å². The summed E-state index contributed by atoms with van der Waals surface area (Å²) in [5, 5.41) is 11.9. The Morgan fingerprint density at radius 3 is 1.65 bits per heavy atom. The number of benzene rings is 4. The average Bonchev–Trinajstić information content (AvgIpc) is 4.01. The minimum absolute atomic E-state index is 0.0111. The van der Waals surface area contributed by atoms with Crippen molar-refractivity contribution in [3.63, 3.8) is 0 Å². The number of halogens is 4. The van der Waals surface area contributed by atoms with Crippen molar-refractivity contribution in [1.82, 2.24) is 29.4 Å². The van der Waals surface area contributed by atoms with Gasteiger partial charge in [-0.15, -0.1) is 0 Å². The number of nitrogens with zero attached hydrogens (tertiary/aromatic N) is 6. The van der Waals surface area contributed by atoms with Crippen molar-refractivity contribution in [3.8, 4) is 11.5 Å². The molecule has 4 aromatic carbocycles. The first-order valence-electron chi connectivity index (χ1n) is 25.4. The van der Waals surface area contributed by atoms with Crippen molar-refractivity contribution < 1.29 is 37.2 Å². The van der Waals surface area contributed by atoms with E-state index in [2.05, 4.69) is 98.1 Å². The van der Waals surface area contributed by atoms with Gasteiger partial charge in [-0.05, 0) is 138 Å². The molecule has 0 spiro atoms. The van der Waals surface area contributed by atoms with Crippen LogP contribution in [0.1, 0.15) is 124 Å². The lowest BCUT2D eigenvalue weighted by molar-refractivity contribution is -0.0390. The summed E-state index contributed by atoms with van der Waals surface area (Å²) in [5.41, 5.74) is 5.98. The van der Waals surface area contributed by atoms with Crippen molar-refractivity contribution in [2.75, 3.05) is 68.0 Å². The lowest BCUT2D eigenvalue weighted by Crippen LogP contribution is -2.50. The molecular weight excluding hydrogens is 1050 g/mol. The van der Waals surface area contributed by atoms with Crippen LogP contribution in [-0.4, -0.2) is 121 Å². The minimum Gasteiger partial charge on any atom is -0.496 e. The topological polar surface area (TPSA) is 97.5 Å². The first kappa shape index (κ1) is 52.8. The van der Waals surface area contributed by atoms with E-state index < -0.39 is 11.3 Å². The van der Waals surface area contributed by atoms with Crippen LogP contribution in [0.5, 0.6) is 11.5 Å². The van der Waals surface area contributed by atoms with Crippen LogP contribution >= 0.6 is 31.9 Å². The Balaban J connectivity index is 0.000000178. The molecule has 0 bridgehead atoms. The molecule has 16 heteroatoms. The Bertz CT molecular complexity index is 2720. The van der Waals surface area contributed by atoms with Crippen molar-refractivity contribution in [2.45, 2.75) is 127 Å². The molecule has 8 atom stereocenters. The smallest absolute Gasteiger partial charge is 0.150 e. The highest BCUT2D eigenvalue weighted by Gasteiger charge is 2.42. The molecule has 6 heterocycles. The third kappa shape index (κ3) is 11.0. The third-order valence-corrected chi connectivity index (χ3v) is 15.9. The molecule has 4 aliphatic rings. The fourth-order valence-corrected chi connectivity index (χ4v) is 12.4. The Hall–Kier alpha value is -4.00. The molecule has 2 fully saturated rings. The zero-order valence-corrected chi connectivity index (χ0v) is 46.1. The van der Waals surface area contributed by atoms with Gasteiger partial charge in [-0.1, -0.05) is 56.1 Å². The second kappa shape index (κ2) is 22.5. The zero-order chi connectivity index (χ0) is 50.9. The van der Waals surface area contributed by atoms with Gasteiger partial charge in [0.2, 0.25) is 0 Å². The van der Waals surface area contributed by atoms with E-state index in [9.17, 15) is 0 Å². The molecule has 2 aromatic heterocycles. The molecule has 0 saturated carbocycles. The lowest BCUT2D eigenvalue weighted by atomic mass is 9.82. The maximum Gasteiger partial charge on any atom is 0.150 e. The van der Waals surface area contributed by atoms with Gasteiger partial charge >= 0.3 is 0 Å². The van der Waals surface area contributed by atoms with Crippen LogP contribution in [0.3, 0.4) is 0 Å². The van der Waals surface area contributed by atoms with E-state index in [0.29, 0.717) is 0 Å². The van der Waals surface area contributed by atoms with Crippen LogP contribution in [0.2, 0.25) is 0 Å². The van der Waals surface area contributed by atoms with Crippen molar-refractivity contribution in [1.29, 1.82) is 0 Å². The molecule has 0 amide bonds. The predicted molar refractivity (Wildman–Crippen MR) is 285 cm³/mol. The number of alkyl halides is 2. The van der Waals surface area contributed by atoms with Gasteiger partial charge < -0.3 is 28.4 Å². The number of hydrogen-bond acceptors (Lipinski definition) is 10. The van der Waals surface area contributed by atoms with E-state index in [1.165, 1.54) is 22.3 Å². The van der Waals surface area contributed by atoms with Gasteiger partial charge in [-0.25, -0.2) is 18.1 Å². The summed E-state index contributed by atoms with van der Waals surface area (Å²) in [5.74, 6) is 1.55. The Labute approximate surface area is 439 Å². The number of aromatic nitrogens is 4. The molecule has 0 N–H and O–H groups in total. The zero-order valence-electron chi connectivity index (χ0n) is 42.9. The SMILES string of the molecule is COCC(C)(F)CN1[C@H](c2ccc(Br)cc2OC)c2ccc3c(cnn3C3CCCCO3)c2C[C@H]1C.COCC(C)(F)CN1[C@H](c2ccc(Br)cc2OC)c2ccc3nn(C4CCCCO4)cc3c2C[C@H]1C. The molecule has 388 valence electrons. The summed E-state index contributed by atoms with van der Waals surface area (Å²) in [6, 6.07) is 20.6. The highest BCUT2D eigenvalue weighted by Crippen LogP contribution is 2.47. The van der Waals surface area contributed by atoms with E-state index in [1.54, 1.807) is 42.3 Å². The molecule has 72 heavy (non-hydrogen) atoms. The number of methoxy groups -OCH3 is 4. The molecule has 4 unspecified atom stereocenters. The predicted octanol–water partition coefficient (Wildman–Crippen LogP) is 12.4. The standard InChI is InChI=1S/2C28H35BrFN3O3/c1-18-13-22-20(10-11-24-23(22)15-33(31-24)26-7-5-6-12-36-26)27(32(18)16-28(2,30)17-34-3)21-9-8-19(29)14-25(21)35-4;1-18-13-22-20(10-11-24-23(22)15-31-33(24)26-7-5-6-12-36-26)27(32(18)16-28(2,30)17-34-3)21-9-8-19(29)14-25(21)35-4/h2*8-11,14-15,18,26-27H,5-7,12-13,16-17H2,1-4H3/t2*18-,26?,27+,28?/m11/s1. The van der Waals surface area contributed by atoms with Gasteiger partial charge in [0.1, 0.15) is 29.1 Å². The number of fused-ring (bicyclic) bond motifs is 6. The van der Waals surface area contributed by atoms with E-state index in [0.717, 1.165) is 118 Å². The number of rotatable bonds is 14. The monoisotopic (exact) mass is 1120 g/mol. The maximum atomic E-state index is 15.6. The normalized spacial score (nSPS) is 24.4. The van der Waals surface area contributed by atoms with Gasteiger partial charge in [0.15, 0.2) is 6.23 Å². The summed E-state index contributed by atoms with van der Waals surface area (Å²) in [7, 11) is 6.47. The largest absolute Gasteiger partial charge is 0.496 e. The van der Waals surface area contributed by atoms with Gasteiger partial charge in [-0.3, -0.25) is 9.80 Å². The van der Waals surface area contributed by atoms with Gasteiger partial charge in [0.05, 0.1) is 56.7 Å². The Morgan fingerprint density at radius 2 is 1.15 bits per heavy atom. The van der Waals surface area contributed by atoms with Gasteiger partial charge in [-0.2, -0.15) is 10.2 Å². The summed E-state index contributed by atoms with van der Waals surface area (Å²) < 4.78 is 71.2. The first-order chi connectivity index (χ1) is 34.6. The molecule has 12 nitrogen and oxygen atoms in total. The first-order valence-corrected chi connectivity index (χ1v) is 27.0. The average molecular weight is 1120 g/mol. The van der Waals surface area contributed by atoms with Crippen molar-refractivity contribution >= 4 is 53.7 Å². The fourth-order valence-electron chi connectivity index (χ4n) is 11.7. The number of hydrogen-bond donors (Lipinski definition) is 0. The van der Waals surface area contributed by atoms with Crippen LogP contribution in [0.4, 0.5) is 8.78 Å². The molecular formula is C56H70Br2F2N6O6. The van der Waals surface area contributed by atoms with Crippen molar-refractivity contribution in [2.24, 2.45) is 0 Å². The van der Waals surface area contributed by atoms with Crippen LogP contribution < -0.4 is 9.47 Å². The van der Waals surface area contributed by atoms with Crippen molar-refractivity contribution in [3.05, 3.63) is 115 Å². The molecule has 2 saturated heterocycles. The molecule has 4 aliphatic heterocycles. The molecule has 0 aliphatic carbocycles. The second-order valence-corrected chi connectivity index (χ2v) is 22.5. The molecule has 10 rings (SSSR count). The minimum atomic E-state index is -1.49. The summed E-state index contributed by atoms with van der Waals surface area (Å²) in [6.45, 7) is 9.73. The summed E-state index contributed by atoms with van der Waals surface area (Å²) in [4.78, 5) is 4.52.